The summed E-state index contributed by atoms with van der Waals surface area (Å²) < 4.78 is 4.94. The van der Waals surface area contributed by atoms with Crippen LogP contribution in [0.2, 0.25) is 0 Å². The van der Waals surface area contributed by atoms with E-state index in [-0.39, 0.29) is 0 Å². The molecular weight excluding hydrogens is 210 g/mol. The van der Waals surface area contributed by atoms with Crippen LogP contribution in [0.5, 0.6) is 0 Å². The summed E-state index contributed by atoms with van der Waals surface area (Å²) in [6, 6.07) is 0. The third kappa shape index (κ3) is 4.89. The summed E-state index contributed by atoms with van der Waals surface area (Å²) in [5.41, 5.74) is 0. The molecule has 1 aliphatic heterocycles. The second-order valence-electron chi connectivity index (χ2n) is 4.13. The SMILES string of the molecule is COCCSCC(=O)N1CCCC(C)C1. The number of methoxy groups -OCH3 is 1. The van der Waals surface area contributed by atoms with Crippen molar-refractivity contribution in [3.8, 4) is 0 Å². The van der Waals surface area contributed by atoms with Crippen molar-refractivity contribution in [1.29, 1.82) is 0 Å². The maximum absolute atomic E-state index is 11.8. The van der Waals surface area contributed by atoms with Crippen molar-refractivity contribution >= 4 is 17.7 Å². The summed E-state index contributed by atoms with van der Waals surface area (Å²) >= 11 is 1.66. The Labute approximate surface area is 96.5 Å². The zero-order chi connectivity index (χ0) is 11.1. The smallest absolute Gasteiger partial charge is 0.232 e. The van der Waals surface area contributed by atoms with Gasteiger partial charge in [-0.3, -0.25) is 4.79 Å². The van der Waals surface area contributed by atoms with E-state index >= 15 is 0 Å². The van der Waals surface area contributed by atoms with Crippen LogP contribution in [0.1, 0.15) is 19.8 Å². The minimum Gasteiger partial charge on any atom is -0.384 e. The van der Waals surface area contributed by atoms with Crippen LogP contribution in [0.15, 0.2) is 0 Å². The van der Waals surface area contributed by atoms with Crippen molar-refractivity contribution in [3.63, 3.8) is 0 Å². The molecule has 0 N–H and O–H groups in total. The fourth-order valence-electron chi connectivity index (χ4n) is 1.81. The van der Waals surface area contributed by atoms with Crippen LogP contribution >= 0.6 is 11.8 Å². The predicted octanol–water partition coefficient (Wildman–Crippen LogP) is 1.62. The highest BCUT2D eigenvalue weighted by atomic mass is 32.2. The molecule has 0 bridgehead atoms. The van der Waals surface area contributed by atoms with Crippen molar-refractivity contribution < 1.29 is 9.53 Å². The Hall–Kier alpha value is -0.220. The molecule has 15 heavy (non-hydrogen) atoms. The van der Waals surface area contributed by atoms with Gasteiger partial charge in [0.2, 0.25) is 5.91 Å². The minimum absolute atomic E-state index is 0.294. The van der Waals surface area contributed by atoms with Crippen LogP contribution in [-0.2, 0) is 9.53 Å². The first-order valence-corrected chi connectivity index (χ1v) is 6.74. The molecule has 1 unspecified atom stereocenters. The van der Waals surface area contributed by atoms with E-state index in [0.29, 0.717) is 17.6 Å². The van der Waals surface area contributed by atoms with E-state index in [9.17, 15) is 4.79 Å². The number of carbonyl (C=O) groups excluding carboxylic acids is 1. The molecule has 1 atom stereocenters. The average Bonchev–Trinajstić information content (AvgIpc) is 2.24. The lowest BCUT2D eigenvalue weighted by Gasteiger charge is -2.30. The normalized spacial score (nSPS) is 21.7. The lowest BCUT2D eigenvalue weighted by atomic mass is 10.0. The van der Waals surface area contributed by atoms with E-state index in [0.717, 1.165) is 31.9 Å². The van der Waals surface area contributed by atoms with Crippen molar-refractivity contribution in [2.45, 2.75) is 19.8 Å². The molecule has 0 radical (unpaired) electrons. The molecule has 1 fully saturated rings. The molecule has 88 valence electrons. The quantitative estimate of drug-likeness (QED) is 0.673. The van der Waals surface area contributed by atoms with Crippen LogP contribution < -0.4 is 0 Å². The first-order chi connectivity index (χ1) is 7.24. The third-order valence-electron chi connectivity index (χ3n) is 2.67. The van der Waals surface area contributed by atoms with Gasteiger partial charge in [-0.1, -0.05) is 6.92 Å². The zero-order valence-corrected chi connectivity index (χ0v) is 10.5. The number of ether oxygens (including phenoxy) is 1. The van der Waals surface area contributed by atoms with Gasteiger partial charge >= 0.3 is 0 Å². The van der Waals surface area contributed by atoms with Crippen molar-refractivity contribution in [1.82, 2.24) is 4.90 Å². The first-order valence-electron chi connectivity index (χ1n) is 5.58. The summed E-state index contributed by atoms with van der Waals surface area (Å²) in [6.45, 7) is 4.85. The molecule has 0 aromatic rings. The van der Waals surface area contributed by atoms with Crippen LogP contribution in [0.3, 0.4) is 0 Å². The van der Waals surface area contributed by atoms with E-state index in [2.05, 4.69) is 6.92 Å². The summed E-state index contributed by atoms with van der Waals surface area (Å²) in [7, 11) is 1.69. The van der Waals surface area contributed by atoms with Crippen molar-refractivity contribution in [2.24, 2.45) is 5.92 Å². The number of hydrogen-bond donors (Lipinski definition) is 0. The summed E-state index contributed by atoms with van der Waals surface area (Å²) in [5.74, 6) is 2.48. The number of rotatable bonds is 5. The Bertz CT molecular complexity index is 199. The topological polar surface area (TPSA) is 29.5 Å². The Morgan fingerprint density at radius 3 is 3.07 bits per heavy atom. The zero-order valence-electron chi connectivity index (χ0n) is 9.70. The summed E-state index contributed by atoms with van der Waals surface area (Å²) in [4.78, 5) is 13.8. The number of likely N-dealkylation sites (tertiary alicyclic amines) is 1. The highest BCUT2D eigenvalue weighted by Crippen LogP contribution is 2.16. The maximum atomic E-state index is 11.8. The molecule has 1 rings (SSSR count). The number of piperidine rings is 1. The highest BCUT2D eigenvalue weighted by Gasteiger charge is 2.20. The largest absolute Gasteiger partial charge is 0.384 e. The van der Waals surface area contributed by atoms with Gasteiger partial charge in [0.1, 0.15) is 0 Å². The molecule has 1 saturated heterocycles. The monoisotopic (exact) mass is 231 g/mol. The fourth-order valence-corrected chi connectivity index (χ4v) is 2.59. The highest BCUT2D eigenvalue weighted by molar-refractivity contribution is 7.99. The van der Waals surface area contributed by atoms with Gasteiger partial charge in [0.25, 0.3) is 0 Å². The van der Waals surface area contributed by atoms with E-state index < -0.39 is 0 Å². The number of carbonyl (C=O) groups is 1. The van der Waals surface area contributed by atoms with Gasteiger partial charge in [0.05, 0.1) is 12.4 Å². The Morgan fingerprint density at radius 1 is 1.60 bits per heavy atom. The first kappa shape index (κ1) is 12.8. The second kappa shape index (κ2) is 7.12. The number of hydrogen-bond acceptors (Lipinski definition) is 3. The van der Waals surface area contributed by atoms with Gasteiger partial charge < -0.3 is 9.64 Å². The molecule has 3 nitrogen and oxygen atoms in total. The van der Waals surface area contributed by atoms with Gasteiger partial charge in [-0.15, -0.1) is 11.8 Å². The van der Waals surface area contributed by atoms with Gasteiger partial charge in [0.15, 0.2) is 0 Å². The second-order valence-corrected chi connectivity index (χ2v) is 5.24. The molecule has 0 aromatic carbocycles. The van der Waals surface area contributed by atoms with E-state index in [1.165, 1.54) is 6.42 Å². The van der Waals surface area contributed by atoms with Crippen LogP contribution in [0.25, 0.3) is 0 Å². The van der Waals surface area contributed by atoms with E-state index in [1.54, 1.807) is 18.9 Å². The summed E-state index contributed by atoms with van der Waals surface area (Å²) in [5, 5.41) is 0. The average molecular weight is 231 g/mol. The lowest BCUT2D eigenvalue weighted by Crippen LogP contribution is -2.40. The Morgan fingerprint density at radius 2 is 2.40 bits per heavy atom. The molecule has 1 aliphatic rings. The van der Waals surface area contributed by atoms with Crippen LogP contribution in [0, 0.1) is 5.92 Å². The van der Waals surface area contributed by atoms with Gasteiger partial charge in [-0.25, -0.2) is 0 Å². The van der Waals surface area contributed by atoms with Gasteiger partial charge in [-0.2, -0.15) is 0 Å². The number of thioether (sulfide) groups is 1. The third-order valence-corrected chi connectivity index (χ3v) is 3.57. The molecule has 0 aromatic heterocycles. The predicted molar refractivity (Wildman–Crippen MR) is 64.2 cm³/mol. The Balaban J connectivity index is 2.15. The summed E-state index contributed by atoms with van der Waals surface area (Å²) in [6.07, 6.45) is 2.43. The molecule has 0 saturated carbocycles. The fraction of sp³-hybridized carbons (Fsp3) is 0.909. The molecule has 1 amide bonds. The van der Waals surface area contributed by atoms with Crippen molar-refractivity contribution in [2.75, 3.05) is 38.3 Å². The lowest BCUT2D eigenvalue weighted by molar-refractivity contribution is -0.130. The molecule has 4 heteroatoms. The van der Waals surface area contributed by atoms with E-state index in [1.807, 2.05) is 4.90 Å². The van der Waals surface area contributed by atoms with Gasteiger partial charge in [0, 0.05) is 26.0 Å². The molecule has 0 aliphatic carbocycles. The van der Waals surface area contributed by atoms with Crippen LogP contribution in [-0.4, -0.2) is 49.1 Å². The van der Waals surface area contributed by atoms with Gasteiger partial charge in [-0.05, 0) is 18.8 Å². The van der Waals surface area contributed by atoms with Crippen molar-refractivity contribution in [3.05, 3.63) is 0 Å². The Kier molecular flexibility index (Phi) is 6.10. The van der Waals surface area contributed by atoms with E-state index in [4.69, 9.17) is 4.74 Å². The molecule has 1 heterocycles. The maximum Gasteiger partial charge on any atom is 0.232 e. The standard InChI is InChI=1S/C11H21NO2S/c1-10-4-3-5-12(8-10)11(13)9-15-7-6-14-2/h10H,3-9H2,1-2H3. The minimum atomic E-state index is 0.294. The molecular formula is C11H21NO2S. The number of amides is 1. The molecule has 0 spiro atoms. The number of nitrogens with zero attached hydrogens (tertiary/aromatic N) is 1. The van der Waals surface area contributed by atoms with Crippen LogP contribution in [0.4, 0.5) is 0 Å².